The van der Waals surface area contributed by atoms with E-state index in [1.807, 2.05) is 13.0 Å². The van der Waals surface area contributed by atoms with Crippen LogP contribution in [0.1, 0.15) is 5.56 Å². The monoisotopic (exact) mass is 192 g/mol. The third-order valence-corrected chi connectivity index (χ3v) is 2.64. The van der Waals surface area contributed by atoms with E-state index in [2.05, 4.69) is 17.0 Å². The van der Waals surface area contributed by atoms with Gasteiger partial charge in [0.25, 0.3) is 0 Å². The summed E-state index contributed by atoms with van der Waals surface area (Å²) in [7, 11) is 0. The molecule has 75 valence electrons. The molecule has 1 aromatic rings. The van der Waals surface area contributed by atoms with Crippen LogP contribution in [0.3, 0.4) is 0 Å². The Kier molecular flexibility index (Phi) is 2.70. The molecular weight excluding hydrogens is 176 g/mol. The Morgan fingerprint density at radius 3 is 2.64 bits per heavy atom. The molecule has 0 saturated carbocycles. The Morgan fingerprint density at radius 1 is 1.29 bits per heavy atom. The van der Waals surface area contributed by atoms with Crippen molar-refractivity contribution in [3.05, 3.63) is 23.8 Å². The summed E-state index contributed by atoms with van der Waals surface area (Å²) in [6.07, 6.45) is 0. The van der Waals surface area contributed by atoms with Gasteiger partial charge in [0.05, 0.1) is 0 Å². The highest BCUT2D eigenvalue weighted by Crippen LogP contribution is 2.21. The summed E-state index contributed by atoms with van der Waals surface area (Å²) >= 11 is 0. The van der Waals surface area contributed by atoms with Crippen molar-refractivity contribution in [1.82, 2.24) is 4.90 Å². The van der Waals surface area contributed by atoms with Gasteiger partial charge in [0, 0.05) is 17.8 Å². The lowest BCUT2D eigenvalue weighted by Gasteiger charge is -2.17. The molecule has 1 saturated heterocycles. The lowest BCUT2D eigenvalue weighted by molar-refractivity contribution is 0.0903. The fourth-order valence-electron chi connectivity index (χ4n) is 1.65. The standard InChI is InChI=1S/C11H16N2O/c1-9-2-3-10(8-11(9)12)13-4-6-14-7-5-13/h2-3,8H,4-7,12H2,1H3/q+1. The number of anilines is 2. The van der Waals surface area contributed by atoms with Gasteiger partial charge in [0.15, 0.2) is 18.8 Å². The van der Waals surface area contributed by atoms with Crippen molar-refractivity contribution < 1.29 is 4.74 Å². The van der Waals surface area contributed by atoms with E-state index in [9.17, 15) is 0 Å². The third-order valence-electron chi connectivity index (χ3n) is 2.64. The van der Waals surface area contributed by atoms with Gasteiger partial charge in [-0.05, 0) is 12.5 Å². The number of hydrogen-bond acceptors (Lipinski definition) is 3. The van der Waals surface area contributed by atoms with Crippen LogP contribution in [0.25, 0.3) is 0 Å². The zero-order valence-corrected chi connectivity index (χ0v) is 8.49. The van der Waals surface area contributed by atoms with E-state index in [-0.39, 0.29) is 0 Å². The van der Waals surface area contributed by atoms with E-state index >= 15 is 0 Å². The Bertz CT molecular complexity index is 319. The van der Waals surface area contributed by atoms with Gasteiger partial charge in [0.1, 0.15) is 13.2 Å². The lowest BCUT2D eigenvalue weighted by atomic mass is 10.1. The molecule has 0 aliphatic carbocycles. The molecular formula is C11H16N2O+. The first-order chi connectivity index (χ1) is 6.77. The van der Waals surface area contributed by atoms with E-state index < -0.39 is 0 Å². The zero-order valence-electron chi connectivity index (χ0n) is 8.49. The fourth-order valence-corrected chi connectivity index (χ4v) is 1.65. The van der Waals surface area contributed by atoms with Crippen LogP contribution in [0.4, 0.5) is 11.4 Å². The minimum absolute atomic E-state index is 0.813. The summed E-state index contributed by atoms with van der Waals surface area (Å²) in [5, 5.41) is 0. The lowest BCUT2D eigenvalue weighted by Crippen LogP contribution is -2.37. The number of rotatable bonds is 1. The van der Waals surface area contributed by atoms with Gasteiger partial charge < -0.3 is 10.5 Å². The number of hydrogen-bond donors (Lipinski definition) is 1. The minimum atomic E-state index is 0.813. The van der Waals surface area contributed by atoms with Crippen LogP contribution < -0.4 is 10.6 Å². The summed E-state index contributed by atoms with van der Waals surface area (Å²) in [5.74, 6) is 0. The molecule has 0 spiro atoms. The Hall–Kier alpha value is -1.06. The van der Waals surface area contributed by atoms with Crippen molar-refractivity contribution >= 4 is 11.4 Å². The molecule has 1 heterocycles. The molecule has 0 aromatic heterocycles. The van der Waals surface area contributed by atoms with Crippen LogP contribution in [0.15, 0.2) is 18.2 Å². The number of nitrogen functional groups attached to an aromatic ring is 1. The largest absolute Gasteiger partial charge is 0.398 e. The van der Waals surface area contributed by atoms with Gasteiger partial charge in [-0.15, -0.1) is 4.90 Å². The summed E-state index contributed by atoms with van der Waals surface area (Å²) in [6.45, 7) is 5.57. The quantitative estimate of drug-likeness (QED) is 0.539. The van der Waals surface area contributed by atoms with E-state index in [0.29, 0.717) is 0 Å². The molecule has 0 unspecified atom stereocenters. The second kappa shape index (κ2) is 3.98. The van der Waals surface area contributed by atoms with Gasteiger partial charge in [-0.3, -0.25) is 0 Å². The first-order valence-electron chi connectivity index (χ1n) is 4.96. The Morgan fingerprint density at radius 2 is 2.00 bits per heavy atom. The number of benzene rings is 1. The third kappa shape index (κ3) is 1.89. The molecule has 3 nitrogen and oxygen atoms in total. The van der Waals surface area contributed by atoms with Gasteiger partial charge >= 0.3 is 0 Å². The molecule has 1 aliphatic rings. The van der Waals surface area contributed by atoms with E-state index in [0.717, 1.165) is 37.6 Å². The number of aryl methyl sites for hydroxylation is 1. The van der Waals surface area contributed by atoms with Crippen LogP contribution in [0.2, 0.25) is 0 Å². The molecule has 0 atom stereocenters. The maximum Gasteiger partial charge on any atom is 0.183 e. The molecule has 0 amide bonds. The first-order valence-corrected chi connectivity index (χ1v) is 4.96. The molecule has 14 heavy (non-hydrogen) atoms. The molecule has 2 rings (SSSR count). The second-order valence-corrected chi connectivity index (χ2v) is 3.64. The fraction of sp³-hybridized carbons (Fsp3) is 0.455. The van der Waals surface area contributed by atoms with Crippen molar-refractivity contribution in [3.63, 3.8) is 0 Å². The van der Waals surface area contributed by atoms with Crippen LogP contribution in [0.5, 0.6) is 0 Å². The Balaban J connectivity index is 2.18. The molecule has 2 N–H and O–H groups in total. The maximum atomic E-state index is 5.87. The number of ether oxygens (including phenoxy) is 1. The highest BCUT2D eigenvalue weighted by molar-refractivity contribution is 5.56. The van der Waals surface area contributed by atoms with Crippen molar-refractivity contribution in [2.75, 3.05) is 32.0 Å². The van der Waals surface area contributed by atoms with Gasteiger partial charge in [-0.25, -0.2) is 0 Å². The van der Waals surface area contributed by atoms with Crippen LogP contribution in [-0.2, 0) is 4.74 Å². The highest BCUT2D eigenvalue weighted by atomic mass is 16.5. The van der Waals surface area contributed by atoms with Crippen molar-refractivity contribution in [3.8, 4) is 0 Å². The summed E-state index contributed by atoms with van der Waals surface area (Å²) < 4.78 is 5.30. The van der Waals surface area contributed by atoms with Crippen LogP contribution in [0, 0.1) is 6.92 Å². The highest BCUT2D eigenvalue weighted by Gasteiger charge is 2.22. The topological polar surface area (TPSA) is 41.2 Å². The molecule has 1 aromatic carbocycles. The predicted molar refractivity (Wildman–Crippen MR) is 57.9 cm³/mol. The average Bonchev–Trinajstić information content (AvgIpc) is 2.23. The number of nitrogens with zero attached hydrogens (tertiary/aromatic N) is 1. The minimum Gasteiger partial charge on any atom is -0.398 e. The van der Waals surface area contributed by atoms with E-state index in [4.69, 9.17) is 10.5 Å². The second-order valence-electron chi connectivity index (χ2n) is 3.64. The predicted octanol–water partition coefficient (Wildman–Crippen LogP) is 1.38. The first kappa shape index (κ1) is 9.49. The zero-order chi connectivity index (χ0) is 9.97. The van der Waals surface area contributed by atoms with Gasteiger partial charge in [-0.1, -0.05) is 6.07 Å². The summed E-state index contributed by atoms with van der Waals surface area (Å²) in [6, 6.07) is 6.23. The van der Waals surface area contributed by atoms with Gasteiger partial charge in [-0.2, -0.15) is 0 Å². The number of morpholine rings is 1. The molecule has 1 radical (unpaired) electrons. The van der Waals surface area contributed by atoms with Crippen molar-refractivity contribution in [2.45, 2.75) is 6.92 Å². The molecule has 1 fully saturated rings. The molecule has 0 bridgehead atoms. The normalized spacial score (nSPS) is 18.4. The van der Waals surface area contributed by atoms with Crippen LogP contribution >= 0.6 is 0 Å². The van der Waals surface area contributed by atoms with Gasteiger partial charge in [0.2, 0.25) is 0 Å². The molecule has 3 heteroatoms. The van der Waals surface area contributed by atoms with Crippen molar-refractivity contribution in [2.24, 2.45) is 0 Å². The SMILES string of the molecule is Cc1ccc([N+]2CCOCC2)cc1N. The molecule has 1 aliphatic heterocycles. The smallest absolute Gasteiger partial charge is 0.183 e. The average molecular weight is 192 g/mol. The van der Waals surface area contributed by atoms with E-state index in [1.165, 1.54) is 5.69 Å². The Labute approximate surface area is 84.5 Å². The summed E-state index contributed by atoms with van der Waals surface area (Å²) in [4.78, 5) is 2.30. The van der Waals surface area contributed by atoms with Crippen molar-refractivity contribution in [1.29, 1.82) is 0 Å². The number of nitrogens with two attached hydrogens (primary N) is 1. The maximum absolute atomic E-state index is 5.87. The van der Waals surface area contributed by atoms with E-state index in [1.54, 1.807) is 0 Å². The van der Waals surface area contributed by atoms with Crippen LogP contribution in [-0.4, -0.2) is 26.3 Å². The summed E-state index contributed by atoms with van der Waals surface area (Å²) in [5.41, 5.74) is 9.08.